The average Bonchev–Trinajstić information content (AvgIpc) is 2.69. The molecule has 0 spiro atoms. The minimum Gasteiger partial charge on any atom is -0.478 e. The molecular weight excluding hydrogens is 215 g/mol. The van der Waals surface area contributed by atoms with Crippen molar-refractivity contribution in [2.75, 3.05) is 0 Å². The number of carbonyl (C=O) groups is 1. The Morgan fingerprint density at radius 2 is 2.07 bits per heavy atom. The highest BCUT2D eigenvalue weighted by atomic mass is 32.1. The second-order valence-electron chi connectivity index (χ2n) is 2.94. The Bertz CT molecular complexity index is 491. The molecule has 1 N–H and O–H groups in total. The van der Waals surface area contributed by atoms with Gasteiger partial charge in [-0.3, -0.25) is 0 Å². The topological polar surface area (TPSA) is 37.3 Å². The average molecular weight is 222 g/mol. The number of carboxylic acids is 1. The Morgan fingerprint density at radius 3 is 2.67 bits per heavy atom. The number of hydrogen-bond donors (Lipinski definition) is 1. The Hall–Kier alpha value is -1.68. The van der Waals surface area contributed by atoms with Crippen molar-refractivity contribution >= 4 is 17.3 Å². The van der Waals surface area contributed by atoms with Gasteiger partial charge in [-0.05, 0) is 17.5 Å². The summed E-state index contributed by atoms with van der Waals surface area (Å²) in [6, 6.07) is 7.85. The molecule has 0 saturated carbocycles. The largest absolute Gasteiger partial charge is 0.478 e. The molecule has 1 aromatic carbocycles. The number of thiophene rings is 1. The summed E-state index contributed by atoms with van der Waals surface area (Å²) in [7, 11) is 0. The molecule has 2 rings (SSSR count). The molecule has 0 bridgehead atoms. The fourth-order valence-electron chi connectivity index (χ4n) is 1.38. The van der Waals surface area contributed by atoms with Crippen molar-refractivity contribution in [2.24, 2.45) is 0 Å². The standard InChI is InChI=1S/C11H7FO2S/c12-8-4-1-3-7(10(8)11(13)14)9-5-2-6-15-9/h1-6H,(H,13,14). The zero-order chi connectivity index (χ0) is 10.8. The van der Waals surface area contributed by atoms with Crippen molar-refractivity contribution in [2.45, 2.75) is 0 Å². The van der Waals surface area contributed by atoms with E-state index >= 15 is 0 Å². The van der Waals surface area contributed by atoms with Gasteiger partial charge in [0, 0.05) is 10.4 Å². The molecule has 0 aliphatic heterocycles. The molecule has 2 nitrogen and oxygen atoms in total. The molecule has 4 heteroatoms. The quantitative estimate of drug-likeness (QED) is 0.846. The molecular formula is C11H7FO2S. The number of halogens is 1. The van der Waals surface area contributed by atoms with Crippen molar-refractivity contribution in [3.63, 3.8) is 0 Å². The van der Waals surface area contributed by atoms with Gasteiger partial charge in [-0.2, -0.15) is 0 Å². The minimum absolute atomic E-state index is 0.264. The maximum absolute atomic E-state index is 13.3. The van der Waals surface area contributed by atoms with Crippen molar-refractivity contribution < 1.29 is 14.3 Å². The van der Waals surface area contributed by atoms with Gasteiger partial charge in [0.05, 0.1) is 0 Å². The van der Waals surface area contributed by atoms with Gasteiger partial charge < -0.3 is 5.11 Å². The molecule has 2 aromatic rings. The molecule has 0 aliphatic rings. The zero-order valence-corrected chi connectivity index (χ0v) is 8.42. The van der Waals surface area contributed by atoms with Crippen molar-refractivity contribution in [3.05, 3.63) is 47.1 Å². The van der Waals surface area contributed by atoms with Gasteiger partial charge in [-0.15, -0.1) is 11.3 Å². The van der Waals surface area contributed by atoms with Gasteiger partial charge in [-0.1, -0.05) is 18.2 Å². The molecule has 15 heavy (non-hydrogen) atoms. The first-order valence-electron chi connectivity index (χ1n) is 4.26. The molecule has 0 aliphatic carbocycles. The minimum atomic E-state index is -1.24. The maximum Gasteiger partial charge on any atom is 0.339 e. The first-order chi connectivity index (χ1) is 7.20. The maximum atomic E-state index is 13.3. The van der Waals surface area contributed by atoms with Gasteiger partial charge in [0.2, 0.25) is 0 Å². The Morgan fingerprint density at radius 1 is 1.27 bits per heavy atom. The third-order valence-electron chi connectivity index (χ3n) is 2.01. The van der Waals surface area contributed by atoms with Crippen molar-refractivity contribution in [3.8, 4) is 10.4 Å². The van der Waals surface area contributed by atoms with E-state index in [9.17, 15) is 9.18 Å². The monoisotopic (exact) mass is 222 g/mol. The summed E-state index contributed by atoms with van der Waals surface area (Å²) in [4.78, 5) is 11.7. The lowest BCUT2D eigenvalue weighted by Gasteiger charge is -2.04. The molecule has 1 aromatic heterocycles. The van der Waals surface area contributed by atoms with Gasteiger partial charge >= 0.3 is 5.97 Å². The SMILES string of the molecule is O=C(O)c1c(F)cccc1-c1cccs1. The first-order valence-corrected chi connectivity index (χ1v) is 5.14. The number of benzene rings is 1. The van der Waals surface area contributed by atoms with Crippen molar-refractivity contribution in [1.29, 1.82) is 0 Å². The summed E-state index contributed by atoms with van der Waals surface area (Å²) in [5.74, 6) is -1.94. The molecule has 0 amide bonds. The third-order valence-corrected chi connectivity index (χ3v) is 2.92. The Balaban J connectivity index is 2.66. The molecule has 0 atom stereocenters. The van der Waals surface area contributed by atoms with Crippen LogP contribution in [0, 0.1) is 5.82 Å². The fourth-order valence-corrected chi connectivity index (χ4v) is 2.14. The smallest absolute Gasteiger partial charge is 0.339 e. The van der Waals surface area contributed by atoms with Crippen LogP contribution >= 0.6 is 11.3 Å². The predicted octanol–water partition coefficient (Wildman–Crippen LogP) is 3.25. The van der Waals surface area contributed by atoms with E-state index in [2.05, 4.69) is 0 Å². The van der Waals surface area contributed by atoms with E-state index in [-0.39, 0.29) is 5.56 Å². The first kappa shape index (κ1) is 9.86. The van der Waals surface area contributed by atoms with E-state index in [0.717, 1.165) is 10.9 Å². The van der Waals surface area contributed by atoms with Gasteiger partial charge in [-0.25, -0.2) is 9.18 Å². The van der Waals surface area contributed by atoms with E-state index in [1.54, 1.807) is 18.2 Å². The van der Waals surface area contributed by atoms with E-state index in [1.807, 2.05) is 5.38 Å². The molecule has 0 fully saturated rings. The van der Waals surface area contributed by atoms with Crippen molar-refractivity contribution in [1.82, 2.24) is 0 Å². The summed E-state index contributed by atoms with van der Waals surface area (Å²) in [5.41, 5.74) is 0.164. The van der Waals surface area contributed by atoms with Crippen LogP contribution in [-0.4, -0.2) is 11.1 Å². The lowest BCUT2D eigenvalue weighted by molar-refractivity contribution is 0.0693. The number of aromatic carboxylic acids is 1. The Labute approximate surface area is 89.6 Å². The second kappa shape index (κ2) is 3.82. The molecule has 0 radical (unpaired) electrons. The van der Waals surface area contributed by atoms with E-state index in [1.165, 1.54) is 17.4 Å². The fraction of sp³-hybridized carbons (Fsp3) is 0. The second-order valence-corrected chi connectivity index (χ2v) is 3.89. The lowest BCUT2D eigenvalue weighted by atomic mass is 10.1. The van der Waals surface area contributed by atoms with Gasteiger partial charge in [0.15, 0.2) is 0 Å². The van der Waals surface area contributed by atoms with Crippen LogP contribution in [-0.2, 0) is 0 Å². The van der Waals surface area contributed by atoms with Crippen LogP contribution in [0.5, 0.6) is 0 Å². The molecule has 1 heterocycles. The number of rotatable bonds is 2. The van der Waals surface area contributed by atoms with E-state index < -0.39 is 11.8 Å². The summed E-state index contributed by atoms with van der Waals surface area (Å²) in [6.45, 7) is 0. The van der Waals surface area contributed by atoms with Crippen LogP contribution in [0.1, 0.15) is 10.4 Å². The number of hydrogen-bond acceptors (Lipinski definition) is 2. The molecule has 0 unspecified atom stereocenters. The van der Waals surface area contributed by atoms with Crippen LogP contribution in [0.25, 0.3) is 10.4 Å². The van der Waals surface area contributed by atoms with E-state index in [0.29, 0.717) is 5.56 Å². The van der Waals surface area contributed by atoms with Crippen LogP contribution in [0.15, 0.2) is 35.7 Å². The molecule has 0 saturated heterocycles. The summed E-state index contributed by atoms with van der Waals surface area (Å²) in [5, 5.41) is 10.7. The zero-order valence-electron chi connectivity index (χ0n) is 7.61. The summed E-state index contributed by atoms with van der Waals surface area (Å²) >= 11 is 1.39. The summed E-state index contributed by atoms with van der Waals surface area (Å²) < 4.78 is 13.3. The van der Waals surface area contributed by atoms with Crippen LogP contribution in [0.3, 0.4) is 0 Å². The van der Waals surface area contributed by atoms with E-state index in [4.69, 9.17) is 5.11 Å². The van der Waals surface area contributed by atoms with Crippen LogP contribution in [0.4, 0.5) is 4.39 Å². The molecule has 76 valence electrons. The third kappa shape index (κ3) is 1.76. The highest BCUT2D eigenvalue weighted by Gasteiger charge is 2.16. The van der Waals surface area contributed by atoms with Gasteiger partial charge in [0.25, 0.3) is 0 Å². The van der Waals surface area contributed by atoms with Gasteiger partial charge in [0.1, 0.15) is 11.4 Å². The Kier molecular flexibility index (Phi) is 2.51. The normalized spacial score (nSPS) is 10.2. The predicted molar refractivity (Wildman–Crippen MR) is 56.7 cm³/mol. The highest BCUT2D eigenvalue weighted by Crippen LogP contribution is 2.29. The van der Waals surface area contributed by atoms with Crippen LogP contribution in [0.2, 0.25) is 0 Å². The highest BCUT2D eigenvalue weighted by molar-refractivity contribution is 7.13. The lowest BCUT2D eigenvalue weighted by Crippen LogP contribution is -2.02. The van der Waals surface area contributed by atoms with Crippen LogP contribution < -0.4 is 0 Å². The number of carboxylic acid groups (broad SMARTS) is 1. The summed E-state index contributed by atoms with van der Waals surface area (Å²) in [6.07, 6.45) is 0.